The molecule has 2 fully saturated rings. The molecular weight excluding hydrogens is 216 g/mol. The van der Waals surface area contributed by atoms with Gasteiger partial charge >= 0.3 is 6.03 Å². The van der Waals surface area contributed by atoms with E-state index in [1.54, 1.807) is 0 Å². The molecule has 2 aliphatic rings. The Kier molecular flexibility index (Phi) is 4.26. The summed E-state index contributed by atoms with van der Waals surface area (Å²) in [6.45, 7) is 5.91. The van der Waals surface area contributed by atoms with Gasteiger partial charge in [0.2, 0.25) is 0 Å². The van der Waals surface area contributed by atoms with E-state index in [0.717, 1.165) is 19.6 Å². The first-order valence-electron chi connectivity index (χ1n) is 6.80. The van der Waals surface area contributed by atoms with Crippen LogP contribution in [0.3, 0.4) is 0 Å². The molecule has 1 saturated heterocycles. The van der Waals surface area contributed by atoms with Crippen molar-refractivity contribution in [2.75, 3.05) is 32.8 Å². The van der Waals surface area contributed by atoms with Crippen molar-refractivity contribution in [2.24, 2.45) is 5.41 Å². The SMILES string of the molecule is CC1(CNC(=O)N2CCOCC2)CCCCC1. The average Bonchev–Trinajstić information content (AvgIpc) is 2.38. The Balaban J connectivity index is 1.74. The van der Waals surface area contributed by atoms with Gasteiger partial charge in [0.05, 0.1) is 13.2 Å². The summed E-state index contributed by atoms with van der Waals surface area (Å²) < 4.78 is 5.24. The fourth-order valence-electron chi connectivity index (χ4n) is 2.75. The molecule has 4 heteroatoms. The van der Waals surface area contributed by atoms with Gasteiger partial charge in [0.1, 0.15) is 0 Å². The quantitative estimate of drug-likeness (QED) is 0.802. The Hall–Kier alpha value is -0.770. The van der Waals surface area contributed by atoms with Gasteiger partial charge in [-0.05, 0) is 18.3 Å². The van der Waals surface area contributed by atoms with E-state index in [0.29, 0.717) is 18.6 Å². The van der Waals surface area contributed by atoms with E-state index in [-0.39, 0.29) is 6.03 Å². The standard InChI is InChI=1S/C13H24N2O2/c1-13(5-3-2-4-6-13)11-14-12(16)15-7-9-17-10-8-15/h2-11H2,1H3,(H,14,16). The van der Waals surface area contributed by atoms with Crippen LogP contribution < -0.4 is 5.32 Å². The van der Waals surface area contributed by atoms with Gasteiger partial charge in [-0.2, -0.15) is 0 Å². The van der Waals surface area contributed by atoms with Gasteiger partial charge in [-0.3, -0.25) is 0 Å². The molecule has 0 aromatic carbocycles. The van der Waals surface area contributed by atoms with Crippen LogP contribution in [0.4, 0.5) is 4.79 Å². The zero-order valence-electron chi connectivity index (χ0n) is 10.8. The average molecular weight is 240 g/mol. The lowest BCUT2D eigenvalue weighted by Gasteiger charge is -2.35. The van der Waals surface area contributed by atoms with Crippen molar-refractivity contribution in [3.8, 4) is 0 Å². The number of urea groups is 1. The zero-order chi connectivity index (χ0) is 12.1. The third-order valence-corrected chi connectivity index (χ3v) is 4.03. The first kappa shape index (κ1) is 12.7. The lowest BCUT2D eigenvalue weighted by atomic mass is 9.76. The largest absolute Gasteiger partial charge is 0.378 e. The highest BCUT2D eigenvalue weighted by molar-refractivity contribution is 5.74. The number of rotatable bonds is 2. The van der Waals surface area contributed by atoms with E-state index in [2.05, 4.69) is 12.2 Å². The summed E-state index contributed by atoms with van der Waals surface area (Å²) >= 11 is 0. The van der Waals surface area contributed by atoms with Crippen molar-refractivity contribution in [3.63, 3.8) is 0 Å². The molecule has 0 atom stereocenters. The molecule has 2 rings (SSSR count). The number of amides is 2. The maximum absolute atomic E-state index is 11.9. The minimum atomic E-state index is 0.0834. The lowest BCUT2D eigenvalue weighted by molar-refractivity contribution is 0.0521. The molecule has 17 heavy (non-hydrogen) atoms. The van der Waals surface area contributed by atoms with Gasteiger partial charge in [-0.15, -0.1) is 0 Å². The van der Waals surface area contributed by atoms with Crippen LogP contribution in [0.2, 0.25) is 0 Å². The maximum atomic E-state index is 11.9. The van der Waals surface area contributed by atoms with Crippen LogP contribution in [0.1, 0.15) is 39.0 Å². The van der Waals surface area contributed by atoms with Crippen molar-refractivity contribution >= 4 is 6.03 Å². The van der Waals surface area contributed by atoms with Crippen molar-refractivity contribution in [1.82, 2.24) is 10.2 Å². The number of nitrogens with one attached hydrogen (secondary N) is 1. The van der Waals surface area contributed by atoms with Gasteiger partial charge in [0.15, 0.2) is 0 Å². The summed E-state index contributed by atoms with van der Waals surface area (Å²) in [5, 5.41) is 3.09. The first-order valence-corrected chi connectivity index (χ1v) is 6.80. The summed E-state index contributed by atoms with van der Waals surface area (Å²) in [4.78, 5) is 13.8. The molecule has 1 saturated carbocycles. The summed E-state index contributed by atoms with van der Waals surface area (Å²) in [6.07, 6.45) is 6.47. The van der Waals surface area contributed by atoms with Gasteiger partial charge < -0.3 is 15.0 Å². The van der Waals surface area contributed by atoms with Gasteiger partial charge in [-0.1, -0.05) is 26.2 Å². The fraction of sp³-hybridized carbons (Fsp3) is 0.923. The summed E-state index contributed by atoms with van der Waals surface area (Å²) in [5.41, 5.74) is 0.320. The van der Waals surface area contributed by atoms with Gasteiger partial charge in [-0.25, -0.2) is 4.79 Å². The second kappa shape index (κ2) is 5.71. The molecule has 1 N–H and O–H groups in total. The number of carbonyl (C=O) groups excluding carboxylic acids is 1. The third-order valence-electron chi connectivity index (χ3n) is 4.03. The van der Waals surface area contributed by atoms with E-state index in [4.69, 9.17) is 4.74 Å². The molecule has 98 valence electrons. The van der Waals surface area contributed by atoms with Crippen molar-refractivity contribution in [3.05, 3.63) is 0 Å². The molecule has 0 aromatic rings. The molecule has 2 amide bonds. The van der Waals surface area contributed by atoms with Crippen molar-refractivity contribution in [1.29, 1.82) is 0 Å². The normalized spacial score (nSPS) is 24.4. The molecule has 0 unspecified atom stereocenters. The van der Waals surface area contributed by atoms with E-state index in [1.165, 1.54) is 32.1 Å². The van der Waals surface area contributed by atoms with Crippen molar-refractivity contribution in [2.45, 2.75) is 39.0 Å². The molecular formula is C13H24N2O2. The predicted molar refractivity (Wildman–Crippen MR) is 67.0 cm³/mol. The van der Waals surface area contributed by atoms with Crippen LogP contribution >= 0.6 is 0 Å². The third kappa shape index (κ3) is 3.60. The minimum Gasteiger partial charge on any atom is -0.378 e. The van der Waals surface area contributed by atoms with E-state index < -0.39 is 0 Å². The van der Waals surface area contributed by atoms with Crippen LogP contribution in [-0.2, 0) is 4.74 Å². The van der Waals surface area contributed by atoms with Gasteiger partial charge in [0, 0.05) is 19.6 Å². The number of hydrogen-bond acceptors (Lipinski definition) is 2. The second-order valence-corrected chi connectivity index (χ2v) is 5.63. The van der Waals surface area contributed by atoms with Crippen LogP contribution in [0.5, 0.6) is 0 Å². The number of ether oxygens (including phenoxy) is 1. The molecule has 1 aliphatic carbocycles. The first-order chi connectivity index (χ1) is 8.20. The molecule has 0 aromatic heterocycles. The maximum Gasteiger partial charge on any atom is 0.317 e. The highest BCUT2D eigenvalue weighted by Crippen LogP contribution is 2.34. The smallest absolute Gasteiger partial charge is 0.317 e. The van der Waals surface area contributed by atoms with Crippen LogP contribution in [0.25, 0.3) is 0 Å². The van der Waals surface area contributed by atoms with Crippen LogP contribution in [0, 0.1) is 5.41 Å². The highest BCUT2D eigenvalue weighted by atomic mass is 16.5. The number of carbonyl (C=O) groups is 1. The van der Waals surface area contributed by atoms with Gasteiger partial charge in [0.25, 0.3) is 0 Å². The Morgan fingerprint density at radius 3 is 2.53 bits per heavy atom. The minimum absolute atomic E-state index is 0.0834. The highest BCUT2D eigenvalue weighted by Gasteiger charge is 2.28. The monoisotopic (exact) mass is 240 g/mol. The topological polar surface area (TPSA) is 41.6 Å². The number of morpholine rings is 1. The van der Waals surface area contributed by atoms with E-state index in [1.807, 2.05) is 4.90 Å². The molecule has 0 radical (unpaired) electrons. The number of nitrogens with zero attached hydrogens (tertiary/aromatic N) is 1. The second-order valence-electron chi connectivity index (χ2n) is 5.63. The van der Waals surface area contributed by atoms with Crippen molar-refractivity contribution < 1.29 is 9.53 Å². The summed E-state index contributed by atoms with van der Waals surface area (Å²) in [7, 11) is 0. The fourth-order valence-corrected chi connectivity index (χ4v) is 2.75. The Morgan fingerprint density at radius 1 is 1.24 bits per heavy atom. The van der Waals surface area contributed by atoms with E-state index in [9.17, 15) is 4.79 Å². The Labute approximate surface area is 104 Å². The Bertz CT molecular complexity index is 256. The Morgan fingerprint density at radius 2 is 1.88 bits per heavy atom. The lowest BCUT2D eigenvalue weighted by Crippen LogP contribution is -2.48. The van der Waals surface area contributed by atoms with E-state index >= 15 is 0 Å². The zero-order valence-corrected chi connectivity index (χ0v) is 10.8. The summed E-state index contributed by atoms with van der Waals surface area (Å²) in [5.74, 6) is 0. The molecule has 0 spiro atoms. The molecule has 1 heterocycles. The molecule has 1 aliphatic heterocycles. The van der Waals surface area contributed by atoms with Crippen LogP contribution in [0.15, 0.2) is 0 Å². The summed E-state index contributed by atoms with van der Waals surface area (Å²) in [6, 6.07) is 0.0834. The molecule has 4 nitrogen and oxygen atoms in total. The predicted octanol–water partition coefficient (Wildman–Crippen LogP) is 2.00. The molecule has 0 bridgehead atoms. The number of hydrogen-bond donors (Lipinski definition) is 1. The van der Waals surface area contributed by atoms with Crippen LogP contribution in [-0.4, -0.2) is 43.8 Å².